The molecule has 3 aromatic rings. The van der Waals surface area contributed by atoms with Crippen LogP contribution in [0.1, 0.15) is 30.4 Å². The van der Waals surface area contributed by atoms with Crippen LogP contribution in [0.25, 0.3) is 17.5 Å². The van der Waals surface area contributed by atoms with E-state index in [9.17, 15) is 4.79 Å². The van der Waals surface area contributed by atoms with E-state index in [0.29, 0.717) is 24.1 Å². The highest BCUT2D eigenvalue weighted by Crippen LogP contribution is 2.29. The van der Waals surface area contributed by atoms with Crippen LogP contribution < -0.4 is 0 Å². The van der Waals surface area contributed by atoms with Gasteiger partial charge in [0.15, 0.2) is 0 Å². The van der Waals surface area contributed by atoms with Crippen molar-refractivity contribution in [1.29, 1.82) is 0 Å². The van der Waals surface area contributed by atoms with Crippen LogP contribution in [0.15, 0.2) is 50.1 Å². The largest absolute Gasteiger partial charge is 0.465 e. The van der Waals surface area contributed by atoms with Gasteiger partial charge in [-0.15, -0.1) is 10.2 Å². The molecule has 1 unspecified atom stereocenters. The normalized spacial score (nSPS) is 18.1. The fourth-order valence-electron chi connectivity index (χ4n) is 2.93. The Labute approximate surface area is 148 Å². The van der Waals surface area contributed by atoms with Crippen LogP contribution >= 0.6 is 11.3 Å². The zero-order chi connectivity index (χ0) is 17.1. The van der Waals surface area contributed by atoms with Gasteiger partial charge in [-0.3, -0.25) is 4.79 Å². The van der Waals surface area contributed by atoms with Crippen LogP contribution in [-0.2, 0) is 4.79 Å². The second-order valence-corrected chi connectivity index (χ2v) is 6.71. The van der Waals surface area contributed by atoms with Crippen molar-refractivity contribution in [1.82, 2.24) is 15.1 Å². The predicted molar refractivity (Wildman–Crippen MR) is 93.9 cm³/mol. The van der Waals surface area contributed by atoms with E-state index in [1.54, 1.807) is 35.8 Å². The van der Waals surface area contributed by atoms with E-state index in [4.69, 9.17) is 8.83 Å². The number of furan rings is 1. The maximum Gasteiger partial charge on any atom is 0.248 e. The standard InChI is InChI=1S/C18H17N3O3S/c22-16(6-5-15-4-2-9-23-15)21-8-1-3-13(11-21)17-19-20-18(24-17)14-7-10-25-12-14/h2,4-7,9-10,12-13H,1,3,8,11H2/b6-5+. The molecular weight excluding hydrogens is 338 g/mol. The SMILES string of the molecule is O=C(/C=C/c1ccco1)N1CCCC(c2nnc(-c3ccsc3)o2)C1. The minimum Gasteiger partial charge on any atom is -0.465 e. The molecule has 128 valence electrons. The molecule has 0 saturated carbocycles. The van der Waals surface area contributed by atoms with Crippen LogP contribution in [-0.4, -0.2) is 34.1 Å². The van der Waals surface area contributed by atoms with Crippen LogP contribution in [0.5, 0.6) is 0 Å². The van der Waals surface area contributed by atoms with Crippen molar-refractivity contribution in [3.8, 4) is 11.5 Å². The van der Waals surface area contributed by atoms with Gasteiger partial charge >= 0.3 is 0 Å². The molecule has 4 heterocycles. The Bertz CT molecular complexity index is 852. The first kappa shape index (κ1) is 15.8. The average molecular weight is 355 g/mol. The molecule has 0 aromatic carbocycles. The Hall–Kier alpha value is -2.67. The first-order chi connectivity index (χ1) is 12.3. The Morgan fingerprint density at radius 1 is 1.36 bits per heavy atom. The summed E-state index contributed by atoms with van der Waals surface area (Å²) in [5.74, 6) is 1.86. The lowest BCUT2D eigenvalue weighted by atomic mass is 9.98. The highest BCUT2D eigenvalue weighted by atomic mass is 32.1. The molecule has 1 atom stereocenters. The molecule has 0 spiro atoms. The van der Waals surface area contributed by atoms with Crippen molar-refractivity contribution in [2.45, 2.75) is 18.8 Å². The summed E-state index contributed by atoms with van der Waals surface area (Å²) in [5, 5.41) is 12.3. The zero-order valence-corrected chi connectivity index (χ0v) is 14.3. The number of likely N-dealkylation sites (tertiary alicyclic amines) is 1. The topological polar surface area (TPSA) is 72.4 Å². The Kier molecular flexibility index (Phi) is 4.47. The molecule has 3 aromatic heterocycles. The van der Waals surface area contributed by atoms with Gasteiger partial charge in [0.25, 0.3) is 0 Å². The summed E-state index contributed by atoms with van der Waals surface area (Å²) in [4.78, 5) is 14.2. The van der Waals surface area contributed by atoms with E-state index in [0.717, 1.165) is 24.9 Å². The molecular formula is C18H17N3O3S. The highest BCUT2D eigenvalue weighted by Gasteiger charge is 2.27. The molecule has 0 aliphatic carbocycles. The fraction of sp³-hybridized carbons (Fsp3) is 0.278. The first-order valence-electron chi connectivity index (χ1n) is 8.16. The van der Waals surface area contributed by atoms with Gasteiger partial charge in [0.05, 0.1) is 12.2 Å². The summed E-state index contributed by atoms with van der Waals surface area (Å²) in [7, 11) is 0. The monoisotopic (exact) mass is 355 g/mol. The van der Waals surface area contributed by atoms with Gasteiger partial charge < -0.3 is 13.7 Å². The van der Waals surface area contributed by atoms with Gasteiger partial charge in [-0.25, -0.2) is 0 Å². The summed E-state index contributed by atoms with van der Waals surface area (Å²) in [6.45, 7) is 1.33. The molecule has 0 bridgehead atoms. The summed E-state index contributed by atoms with van der Waals surface area (Å²) < 4.78 is 11.0. The number of hydrogen-bond donors (Lipinski definition) is 0. The smallest absolute Gasteiger partial charge is 0.248 e. The van der Waals surface area contributed by atoms with E-state index < -0.39 is 0 Å². The number of piperidine rings is 1. The van der Waals surface area contributed by atoms with Crippen LogP contribution in [0.4, 0.5) is 0 Å². The lowest BCUT2D eigenvalue weighted by Gasteiger charge is -2.30. The molecule has 7 heteroatoms. The zero-order valence-electron chi connectivity index (χ0n) is 13.5. The highest BCUT2D eigenvalue weighted by molar-refractivity contribution is 7.08. The summed E-state index contributed by atoms with van der Waals surface area (Å²) >= 11 is 1.59. The minimum atomic E-state index is -0.0290. The summed E-state index contributed by atoms with van der Waals surface area (Å²) in [5.41, 5.74) is 0.939. The van der Waals surface area contributed by atoms with E-state index >= 15 is 0 Å². The molecule has 4 rings (SSSR count). The third-order valence-electron chi connectivity index (χ3n) is 4.22. The minimum absolute atomic E-state index is 0.0290. The maximum absolute atomic E-state index is 12.4. The summed E-state index contributed by atoms with van der Waals surface area (Å²) in [6.07, 6.45) is 6.68. The number of amides is 1. The fourth-order valence-corrected chi connectivity index (χ4v) is 3.56. The Morgan fingerprint density at radius 2 is 2.32 bits per heavy atom. The van der Waals surface area contributed by atoms with E-state index in [1.807, 2.05) is 27.8 Å². The lowest BCUT2D eigenvalue weighted by Crippen LogP contribution is -2.38. The third kappa shape index (κ3) is 3.56. The van der Waals surface area contributed by atoms with Crippen molar-refractivity contribution in [3.63, 3.8) is 0 Å². The number of carbonyl (C=O) groups excluding carboxylic acids is 1. The molecule has 0 N–H and O–H groups in total. The molecule has 1 aliphatic rings. The predicted octanol–water partition coefficient (Wildman–Crippen LogP) is 3.81. The van der Waals surface area contributed by atoms with Gasteiger partial charge in [-0.05, 0) is 42.5 Å². The van der Waals surface area contributed by atoms with Gasteiger partial charge in [-0.1, -0.05) is 0 Å². The summed E-state index contributed by atoms with van der Waals surface area (Å²) in [6, 6.07) is 5.56. The molecule has 0 radical (unpaired) electrons. The molecule has 6 nitrogen and oxygen atoms in total. The number of carbonyl (C=O) groups is 1. The number of hydrogen-bond acceptors (Lipinski definition) is 6. The Balaban J connectivity index is 1.43. The van der Waals surface area contributed by atoms with Gasteiger partial charge in [0.1, 0.15) is 5.76 Å². The number of aromatic nitrogens is 2. The van der Waals surface area contributed by atoms with Gasteiger partial charge in [0.2, 0.25) is 17.7 Å². The van der Waals surface area contributed by atoms with E-state index in [1.165, 1.54) is 0 Å². The second kappa shape index (κ2) is 7.06. The van der Waals surface area contributed by atoms with Gasteiger partial charge in [0, 0.05) is 30.1 Å². The third-order valence-corrected chi connectivity index (χ3v) is 4.91. The van der Waals surface area contributed by atoms with Crippen LogP contribution in [0.3, 0.4) is 0 Å². The van der Waals surface area contributed by atoms with Gasteiger partial charge in [-0.2, -0.15) is 11.3 Å². The number of thiophene rings is 1. The van der Waals surface area contributed by atoms with Crippen molar-refractivity contribution >= 4 is 23.3 Å². The van der Waals surface area contributed by atoms with Crippen LogP contribution in [0, 0.1) is 0 Å². The molecule has 1 saturated heterocycles. The number of nitrogens with zero attached hydrogens (tertiary/aromatic N) is 3. The lowest BCUT2D eigenvalue weighted by molar-refractivity contribution is -0.127. The maximum atomic E-state index is 12.4. The van der Waals surface area contributed by atoms with E-state index in [-0.39, 0.29) is 11.8 Å². The average Bonchev–Trinajstić information content (AvgIpc) is 3.41. The van der Waals surface area contributed by atoms with Crippen molar-refractivity contribution in [2.75, 3.05) is 13.1 Å². The van der Waals surface area contributed by atoms with Crippen LogP contribution in [0.2, 0.25) is 0 Å². The van der Waals surface area contributed by atoms with Crippen molar-refractivity contribution in [3.05, 3.63) is 52.9 Å². The molecule has 1 amide bonds. The second-order valence-electron chi connectivity index (χ2n) is 5.93. The first-order valence-corrected chi connectivity index (χ1v) is 9.10. The molecule has 1 aliphatic heterocycles. The van der Waals surface area contributed by atoms with Crippen molar-refractivity contribution in [2.24, 2.45) is 0 Å². The quantitative estimate of drug-likeness (QED) is 0.666. The van der Waals surface area contributed by atoms with E-state index in [2.05, 4.69) is 10.2 Å². The van der Waals surface area contributed by atoms with Crippen molar-refractivity contribution < 1.29 is 13.6 Å². The Morgan fingerprint density at radius 3 is 3.12 bits per heavy atom. The number of rotatable bonds is 4. The molecule has 1 fully saturated rings. The molecule has 25 heavy (non-hydrogen) atoms.